The zero-order chi connectivity index (χ0) is 21.3. The molecule has 1 aliphatic heterocycles. The fraction of sp³-hybridized carbons (Fsp3) is 0.435. The number of nitrogens with one attached hydrogen (secondary N) is 1. The molecule has 0 aromatic heterocycles. The minimum absolute atomic E-state index is 0.0685. The topological polar surface area (TPSA) is 71.0 Å². The highest BCUT2D eigenvalue weighted by Crippen LogP contribution is 2.22. The molecule has 1 saturated heterocycles. The molecule has 162 valence electrons. The lowest BCUT2D eigenvalue weighted by Gasteiger charge is -2.27. The van der Waals surface area contributed by atoms with E-state index in [1.807, 2.05) is 12.1 Å². The summed E-state index contributed by atoms with van der Waals surface area (Å²) < 4.78 is 23.8. The number of hydrogen-bond donors (Lipinski definition) is 2. The molecule has 0 aliphatic carbocycles. The van der Waals surface area contributed by atoms with E-state index in [0.717, 1.165) is 24.9 Å². The van der Waals surface area contributed by atoms with Gasteiger partial charge in [0.25, 0.3) is 0 Å². The molecule has 7 heteroatoms. The second-order valence-electron chi connectivity index (χ2n) is 7.47. The van der Waals surface area contributed by atoms with Crippen LogP contribution in [-0.4, -0.2) is 54.9 Å². The Balaban J connectivity index is 1.41. The molecular weight excluding hydrogens is 387 g/mol. The summed E-state index contributed by atoms with van der Waals surface area (Å²) in [6.45, 7) is 1.75. The van der Waals surface area contributed by atoms with E-state index in [1.54, 1.807) is 36.3 Å². The maximum atomic E-state index is 13.0. The Labute approximate surface area is 176 Å². The number of amides is 1. The number of nitrogens with zero attached hydrogens (tertiary/aromatic N) is 1. The maximum Gasteiger partial charge on any atom is 0.222 e. The van der Waals surface area contributed by atoms with Gasteiger partial charge >= 0.3 is 0 Å². The number of β-amino-alcohol motifs (C(OH)–C–C–N with tert-alkyl or cyclic N) is 1. The summed E-state index contributed by atoms with van der Waals surface area (Å²) in [7, 11) is 1.58. The number of carbonyl (C=O) groups excluding carboxylic acids is 1. The lowest BCUT2D eigenvalue weighted by atomic mass is 10.1. The van der Waals surface area contributed by atoms with Gasteiger partial charge in [0.2, 0.25) is 5.91 Å². The SMILES string of the molecule is COc1cccc(OC[C@H](O)CN2C(=O)CC[C@@H]2CCNCc2ccc(F)cc2)c1. The number of rotatable bonds is 11. The van der Waals surface area contributed by atoms with Crippen LogP contribution >= 0.6 is 0 Å². The first-order valence-electron chi connectivity index (χ1n) is 10.2. The zero-order valence-electron chi connectivity index (χ0n) is 17.2. The molecule has 0 radical (unpaired) electrons. The molecule has 3 rings (SSSR count). The third-order valence-electron chi connectivity index (χ3n) is 5.24. The number of aliphatic hydroxyl groups excluding tert-OH is 1. The second-order valence-corrected chi connectivity index (χ2v) is 7.47. The third kappa shape index (κ3) is 6.43. The largest absolute Gasteiger partial charge is 0.497 e. The van der Waals surface area contributed by atoms with E-state index in [1.165, 1.54) is 12.1 Å². The van der Waals surface area contributed by atoms with E-state index in [2.05, 4.69) is 5.32 Å². The number of aliphatic hydroxyl groups is 1. The second kappa shape index (κ2) is 10.9. The van der Waals surface area contributed by atoms with Crippen molar-refractivity contribution in [3.05, 3.63) is 59.9 Å². The normalized spacial score (nSPS) is 17.2. The summed E-state index contributed by atoms with van der Waals surface area (Å²) in [5.74, 6) is 1.12. The van der Waals surface area contributed by atoms with Crippen molar-refractivity contribution >= 4 is 5.91 Å². The van der Waals surface area contributed by atoms with E-state index in [4.69, 9.17) is 9.47 Å². The summed E-state index contributed by atoms with van der Waals surface area (Å²) in [4.78, 5) is 14.0. The van der Waals surface area contributed by atoms with Gasteiger partial charge in [-0.15, -0.1) is 0 Å². The molecular formula is C23H29FN2O4. The van der Waals surface area contributed by atoms with Crippen molar-refractivity contribution in [3.63, 3.8) is 0 Å². The van der Waals surface area contributed by atoms with Crippen LogP contribution in [0.3, 0.4) is 0 Å². The van der Waals surface area contributed by atoms with Crippen molar-refractivity contribution in [3.8, 4) is 11.5 Å². The molecule has 2 atom stereocenters. The van der Waals surface area contributed by atoms with Crippen molar-refractivity contribution in [2.45, 2.75) is 38.0 Å². The molecule has 6 nitrogen and oxygen atoms in total. The van der Waals surface area contributed by atoms with E-state index >= 15 is 0 Å². The highest BCUT2D eigenvalue weighted by molar-refractivity contribution is 5.78. The average molecular weight is 416 g/mol. The molecule has 30 heavy (non-hydrogen) atoms. The van der Waals surface area contributed by atoms with Crippen LogP contribution < -0.4 is 14.8 Å². The molecule has 1 aliphatic rings. The minimum atomic E-state index is -0.770. The van der Waals surface area contributed by atoms with Crippen molar-refractivity contribution in [1.82, 2.24) is 10.2 Å². The molecule has 1 heterocycles. The molecule has 0 spiro atoms. The number of methoxy groups -OCH3 is 1. The molecule has 2 aromatic carbocycles. The van der Waals surface area contributed by atoms with Gasteiger partial charge in [0.15, 0.2) is 0 Å². The Morgan fingerprint density at radius 2 is 2.00 bits per heavy atom. The van der Waals surface area contributed by atoms with Gasteiger partial charge in [-0.1, -0.05) is 18.2 Å². The van der Waals surface area contributed by atoms with Crippen LogP contribution in [0, 0.1) is 5.82 Å². The number of ether oxygens (including phenoxy) is 2. The summed E-state index contributed by atoms with van der Waals surface area (Å²) in [5.41, 5.74) is 1.01. The average Bonchev–Trinajstić information content (AvgIpc) is 3.10. The van der Waals surface area contributed by atoms with E-state index in [-0.39, 0.29) is 30.9 Å². The van der Waals surface area contributed by atoms with Crippen LogP contribution in [0.1, 0.15) is 24.8 Å². The van der Waals surface area contributed by atoms with Crippen LogP contribution in [0.25, 0.3) is 0 Å². The van der Waals surface area contributed by atoms with Gasteiger partial charge < -0.3 is 24.8 Å². The van der Waals surface area contributed by atoms with Crippen molar-refractivity contribution in [2.24, 2.45) is 0 Å². The summed E-state index contributed by atoms with van der Waals surface area (Å²) in [6, 6.07) is 13.7. The van der Waals surface area contributed by atoms with Crippen LogP contribution in [0.15, 0.2) is 48.5 Å². The van der Waals surface area contributed by atoms with Crippen molar-refractivity contribution in [1.29, 1.82) is 0 Å². The quantitative estimate of drug-likeness (QED) is 0.551. The molecule has 1 fully saturated rings. The van der Waals surface area contributed by atoms with E-state index in [0.29, 0.717) is 24.5 Å². The van der Waals surface area contributed by atoms with Crippen molar-refractivity contribution in [2.75, 3.05) is 26.8 Å². The zero-order valence-corrected chi connectivity index (χ0v) is 17.2. The van der Waals surface area contributed by atoms with Crippen LogP contribution in [0.2, 0.25) is 0 Å². The van der Waals surface area contributed by atoms with Gasteiger partial charge in [0, 0.05) is 25.1 Å². The molecule has 2 N–H and O–H groups in total. The van der Waals surface area contributed by atoms with Gasteiger partial charge in [-0.2, -0.15) is 0 Å². The number of likely N-dealkylation sites (tertiary alicyclic amines) is 1. The molecule has 2 aromatic rings. The Hall–Kier alpha value is -2.64. The first-order valence-corrected chi connectivity index (χ1v) is 10.2. The first-order chi connectivity index (χ1) is 14.5. The van der Waals surface area contributed by atoms with Crippen LogP contribution in [-0.2, 0) is 11.3 Å². The predicted octanol–water partition coefficient (Wildman–Crippen LogP) is 2.74. The molecule has 0 unspecified atom stereocenters. The van der Waals surface area contributed by atoms with Crippen LogP contribution in [0.4, 0.5) is 4.39 Å². The number of carbonyl (C=O) groups is 1. The first kappa shape index (κ1) is 22.1. The van der Waals surface area contributed by atoms with Gasteiger partial charge in [-0.05, 0) is 49.2 Å². The van der Waals surface area contributed by atoms with Crippen LogP contribution in [0.5, 0.6) is 11.5 Å². The lowest BCUT2D eigenvalue weighted by molar-refractivity contribution is -0.130. The highest BCUT2D eigenvalue weighted by atomic mass is 19.1. The standard InChI is InChI=1S/C23H29FN2O4/c1-29-21-3-2-4-22(13-21)30-16-20(27)15-26-19(9-10-23(26)28)11-12-25-14-17-5-7-18(24)8-6-17/h2-8,13,19-20,25,27H,9-12,14-16H2,1H3/t19-,20-/m1/s1. The van der Waals surface area contributed by atoms with Gasteiger partial charge in [-0.3, -0.25) is 4.79 Å². The van der Waals surface area contributed by atoms with E-state index in [9.17, 15) is 14.3 Å². The molecule has 0 saturated carbocycles. The molecule has 1 amide bonds. The predicted molar refractivity (Wildman–Crippen MR) is 112 cm³/mol. The smallest absolute Gasteiger partial charge is 0.222 e. The van der Waals surface area contributed by atoms with E-state index < -0.39 is 6.10 Å². The maximum absolute atomic E-state index is 13.0. The van der Waals surface area contributed by atoms with Gasteiger partial charge in [0.1, 0.15) is 30.0 Å². The third-order valence-corrected chi connectivity index (χ3v) is 5.24. The van der Waals surface area contributed by atoms with Crippen molar-refractivity contribution < 1.29 is 23.8 Å². The fourth-order valence-electron chi connectivity index (χ4n) is 3.61. The van der Waals surface area contributed by atoms with Gasteiger partial charge in [0.05, 0.1) is 13.7 Å². The fourth-order valence-corrected chi connectivity index (χ4v) is 3.61. The minimum Gasteiger partial charge on any atom is -0.497 e. The number of hydrogen-bond acceptors (Lipinski definition) is 5. The Kier molecular flexibility index (Phi) is 8.04. The Bertz CT molecular complexity index is 815. The number of halogens is 1. The molecule has 0 bridgehead atoms. The number of benzene rings is 2. The summed E-state index contributed by atoms with van der Waals surface area (Å²) >= 11 is 0. The van der Waals surface area contributed by atoms with Gasteiger partial charge in [-0.25, -0.2) is 4.39 Å². The monoisotopic (exact) mass is 416 g/mol. The summed E-state index contributed by atoms with van der Waals surface area (Å²) in [6.07, 6.45) is 1.33. The Morgan fingerprint density at radius 3 is 2.77 bits per heavy atom. The lowest BCUT2D eigenvalue weighted by Crippen LogP contribution is -2.42. The highest BCUT2D eigenvalue weighted by Gasteiger charge is 2.31. The summed E-state index contributed by atoms with van der Waals surface area (Å²) in [5, 5.41) is 13.7. The Morgan fingerprint density at radius 1 is 1.23 bits per heavy atom.